The first-order valence-corrected chi connectivity index (χ1v) is 3.36. The maximum Gasteiger partial charge on any atom is 0.193 e. The Balaban J connectivity index is 2.58. The van der Waals surface area contributed by atoms with Crippen LogP contribution < -0.4 is 11.5 Å². The molecule has 0 aromatic carbocycles. The number of nitrogens with zero attached hydrogens (tertiary/aromatic N) is 1. The second-order valence-electron chi connectivity index (χ2n) is 1.95. The first-order valence-electron chi connectivity index (χ1n) is 2.98. The van der Waals surface area contributed by atoms with Gasteiger partial charge in [0.05, 0.1) is 0 Å². The second-order valence-corrected chi connectivity index (χ2v) is 2.32. The largest absolute Gasteiger partial charge is 0.448 e. The van der Waals surface area contributed by atoms with Crippen molar-refractivity contribution in [2.75, 3.05) is 0 Å². The average Bonchev–Trinajstić information content (AvgIpc) is 2.31. The summed E-state index contributed by atoms with van der Waals surface area (Å²) < 4.78 is 4.98. The molecule has 0 atom stereocenters. The lowest BCUT2D eigenvalue weighted by atomic mass is 10.5. The number of halogens is 1. The molecule has 0 fully saturated rings. The van der Waals surface area contributed by atoms with Crippen LogP contribution in [0.2, 0.25) is 5.22 Å². The fraction of sp³-hybridized carbons (Fsp3) is 0.167. The van der Waals surface area contributed by atoms with Gasteiger partial charge in [0.1, 0.15) is 12.3 Å². The molecule has 1 aromatic heterocycles. The van der Waals surface area contributed by atoms with Gasteiger partial charge in [-0.1, -0.05) is 0 Å². The van der Waals surface area contributed by atoms with Crippen molar-refractivity contribution in [3.8, 4) is 0 Å². The minimum atomic E-state index is 0.0394. The molecule has 0 spiro atoms. The van der Waals surface area contributed by atoms with Gasteiger partial charge in [-0.3, -0.25) is 0 Å². The molecular weight excluding hydrogens is 166 g/mol. The Labute approximate surface area is 68.8 Å². The van der Waals surface area contributed by atoms with Crippen molar-refractivity contribution in [1.82, 2.24) is 0 Å². The molecule has 5 heteroatoms. The van der Waals surface area contributed by atoms with Crippen molar-refractivity contribution in [1.29, 1.82) is 0 Å². The average molecular weight is 174 g/mol. The minimum Gasteiger partial charge on any atom is -0.448 e. The number of aliphatic imine (C=N–C) groups is 1. The number of rotatable bonds is 2. The Morgan fingerprint density at radius 2 is 2.27 bits per heavy atom. The lowest BCUT2D eigenvalue weighted by Gasteiger charge is -1.89. The summed E-state index contributed by atoms with van der Waals surface area (Å²) in [4.78, 5) is 3.73. The first kappa shape index (κ1) is 7.94. The molecule has 0 aliphatic heterocycles. The van der Waals surface area contributed by atoms with Crippen LogP contribution >= 0.6 is 11.6 Å². The zero-order chi connectivity index (χ0) is 8.27. The predicted molar refractivity (Wildman–Crippen MR) is 43.2 cm³/mol. The van der Waals surface area contributed by atoms with E-state index in [1.165, 1.54) is 0 Å². The highest BCUT2D eigenvalue weighted by Crippen LogP contribution is 2.13. The monoisotopic (exact) mass is 173 g/mol. The Morgan fingerprint density at radius 3 is 2.73 bits per heavy atom. The third-order valence-corrected chi connectivity index (χ3v) is 1.25. The van der Waals surface area contributed by atoms with E-state index in [0.29, 0.717) is 17.5 Å². The zero-order valence-corrected chi connectivity index (χ0v) is 6.51. The Morgan fingerprint density at radius 1 is 1.55 bits per heavy atom. The predicted octanol–water partition coefficient (Wildman–Crippen LogP) is 0.706. The maximum absolute atomic E-state index is 5.50. The summed E-state index contributed by atoms with van der Waals surface area (Å²) in [6.07, 6.45) is 0. The van der Waals surface area contributed by atoms with Crippen LogP contribution in [0.15, 0.2) is 21.5 Å². The van der Waals surface area contributed by atoms with Crippen molar-refractivity contribution in [3.05, 3.63) is 23.1 Å². The van der Waals surface area contributed by atoms with Gasteiger partial charge in [0.15, 0.2) is 11.2 Å². The van der Waals surface area contributed by atoms with E-state index in [1.54, 1.807) is 12.1 Å². The van der Waals surface area contributed by atoms with E-state index in [9.17, 15) is 0 Å². The van der Waals surface area contributed by atoms with E-state index in [0.717, 1.165) is 0 Å². The van der Waals surface area contributed by atoms with E-state index in [2.05, 4.69) is 4.99 Å². The third kappa shape index (κ3) is 2.51. The molecule has 1 rings (SSSR count). The molecule has 1 heterocycles. The summed E-state index contributed by atoms with van der Waals surface area (Å²) in [5.74, 6) is 0.681. The number of hydrogen-bond acceptors (Lipinski definition) is 2. The van der Waals surface area contributed by atoms with Gasteiger partial charge < -0.3 is 15.9 Å². The van der Waals surface area contributed by atoms with Gasteiger partial charge in [-0.05, 0) is 23.7 Å². The standard InChI is InChI=1S/C6H8ClN3O/c7-5-2-1-4(11-5)3-10-6(8)9/h1-2H,3H2,(H4,8,9,10). The lowest BCUT2D eigenvalue weighted by Crippen LogP contribution is -2.22. The van der Waals surface area contributed by atoms with Gasteiger partial charge in [-0.15, -0.1) is 0 Å². The summed E-state index contributed by atoms with van der Waals surface area (Å²) in [5, 5.41) is 0.339. The van der Waals surface area contributed by atoms with Crippen LogP contribution in [-0.4, -0.2) is 5.96 Å². The van der Waals surface area contributed by atoms with Crippen LogP contribution in [0.3, 0.4) is 0 Å². The molecule has 0 unspecified atom stereocenters. The molecule has 0 amide bonds. The molecule has 11 heavy (non-hydrogen) atoms. The minimum absolute atomic E-state index is 0.0394. The highest BCUT2D eigenvalue weighted by atomic mass is 35.5. The van der Waals surface area contributed by atoms with Crippen LogP contribution in [0.1, 0.15) is 5.76 Å². The molecular formula is C6H8ClN3O. The van der Waals surface area contributed by atoms with Crippen LogP contribution in [0.5, 0.6) is 0 Å². The van der Waals surface area contributed by atoms with Crippen molar-refractivity contribution < 1.29 is 4.42 Å². The summed E-state index contributed by atoms with van der Waals surface area (Å²) >= 11 is 5.50. The number of guanidine groups is 1. The molecule has 4 nitrogen and oxygen atoms in total. The van der Waals surface area contributed by atoms with Crippen LogP contribution in [-0.2, 0) is 6.54 Å². The van der Waals surface area contributed by atoms with Gasteiger partial charge in [0.2, 0.25) is 0 Å². The number of nitrogens with two attached hydrogens (primary N) is 2. The van der Waals surface area contributed by atoms with Gasteiger partial charge >= 0.3 is 0 Å². The van der Waals surface area contributed by atoms with Gasteiger partial charge in [0.25, 0.3) is 0 Å². The molecule has 1 aromatic rings. The maximum atomic E-state index is 5.50. The molecule has 4 N–H and O–H groups in total. The highest BCUT2D eigenvalue weighted by Gasteiger charge is 1.96. The topological polar surface area (TPSA) is 77.5 Å². The Kier molecular flexibility index (Phi) is 2.38. The number of hydrogen-bond donors (Lipinski definition) is 2. The van der Waals surface area contributed by atoms with Crippen LogP contribution in [0.4, 0.5) is 0 Å². The number of furan rings is 1. The van der Waals surface area contributed by atoms with Crippen molar-refractivity contribution in [3.63, 3.8) is 0 Å². The fourth-order valence-corrected chi connectivity index (χ4v) is 0.768. The smallest absolute Gasteiger partial charge is 0.193 e. The Bertz CT molecular complexity index is 265. The van der Waals surface area contributed by atoms with E-state index in [4.69, 9.17) is 27.5 Å². The first-order chi connectivity index (χ1) is 5.18. The van der Waals surface area contributed by atoms with Gasteiger partial charge in [0, 0.05) is 0 Å². The van der Waals surface area contributed by atoms with Crippen LogP contribution in [0.25, 0.3) is 0 Å². The molecule has 0 bridgehead atoms. The SMILES string of the molecule is NC(N)=NCc1ccc(Cl)o1. The van der Waals surface area contributed by atoms with Crippen molar-refractivity contribution in [2.45, 2.75) is 6.54 Å². The quantitative estimate of drug-likeness (QED) is 0.511. The molecule has 0 aliphatic carbocycles. The van der Waals surface area contributed by atoms with Gasteiger partial charge in [-0.2, -0.15) is 0 Å². The lowest BCUT2D eigenvalue weighted by molar-refractivity contribution is 0.514. The third-order valence-electron chi connectivity index (χ3n) is 1.05. The summed E-state index contributed by atoms with van der Waals surface area (Å²) in [6, 6.07) is 3.36. The zero-order valence-electron chi connectivity index (χ0n) is 5.75. The van der Waals surface area contributed by atoms with E-state index >= 15 is 0 Å². The normalized spacial score (nSPS) is 9.55. The molecule has 60 valence electrons. The Hall–Kier alpha value is -1.16. The van der Waals surface area contributed by atoms with Gasteiger partial charge in [-0.25, -0.2) is 4.99 Å². The molecule has 0 aliphatic rings. The second kappa shape index (κ2) is 3.30. The molecule has 0 saturated heterocycles. The van der Waals surface area contributed by atoms with E-state index in [1.807, 2.05) is 0 Å². The molecule has 0 radical (unpaired) electrons. The van der Waals surface area contributed by atoms with Crippen molar-refractivity contribution >= 4 is 17.6 Å². The van der Waals surface area contributed by atoms with E-state index < -0.39 is 0 Å². The summed E-state index contributed by atoms with van der Waals surface area (Å²) in [6.45, 7) is 0.328. The highest BCUT2D eigenvalue weighted by molar-refractivity contribution is 6.28. The van der Waals surface area contributed by atoms with E-state index in [-0.39, 0.29) is 5.96 Å². The molecule has 0 saturated carbocycles. The van der Waals surface area contributed by atoms with Crippen LogP contribution in [0, 0.1) is 0 Å². The fourth-order valence-electron chi connectivity index (χ4n) is 0.606. The summed E-state index contributed by atoms with van der Waals surface area (Å²) in [7, 11) is 0. The van der Waals surface area contributed by atoms with Crippen molar-refractivity contribution in [2.24, 2.45) is 16.5 Å². The summed E-state index contributed by atoms with van der Waals surface area (Å²) in [5.41, 5.74) is 10.2.